The summed E-state index contributed by atoms with van der Waals surface area (Å²) < 4.78 is 0. The van der Waals surface area contributed by atoms with Crippen LogP contribution in [0.15, 0.2) is 30.3 Å². The quantitative estimate of drug-likeness (QED) is 0.834. The van der Waals surface area contributed by atoms with Crippen molar-refractivity contribution in [2.75, 3.05) is 26.2 Å². The van der Waals surface area contributed by atoms with Crippen LogP contribution < -0.4 is 0 Å². The van der Waals surface area contributed by atoms with Gasteiger partial charge in [-0.1, -0.05) is 44.2 Å². The normalized spacial score (nSPS) is 27.6. The highest BCUT2D eigenvalue weighted by atomic mass is 15.2. The maximum atomic E-state index is 2.77. The summed E-state index contributed by atoms with van der Waals surface area (Å²) in [7, 11) is 0. The predicted molar refractivity (Wildman–Crippen MR) is 89.3 cm³/mol. The summed E-state index contributed by atoms with van der Waals surface area (Å²) in [5, 5.41) is 0. The second kappa shape index (κ2) is 6.50. The molecule has 1 atom stereocenters. The topological polar surface area (TPSA) is 6.48 Å². The first-order valence-electron chi connectivity index (χ1n) is 8.63. The summed E-state index contributed by atoms with van der Waals surface area (Å²) in [6.07, 6.45) is 5.48. The number of hydrogen-bond donors (Lipinski definition) is 0. The lowest BCUT2D eigenvalue weighted by molar-refractivity contribution is 0.0473. The Hall–Kier alpha value is -0.860. The van der Waals surface area contributed by atoms with Gasteiger partial charge in [-0.05, 0) is 56.3 Å². The molecule has 2 heteroatoms. The summed E-state index contributed by atoms with van der Waals surface area (Å²) in [5.41, 5.74) is 2.02. The van der Waals surface area contributed by atoms with Gasteiger partial charge >= 0.3 is 0 Å². The van der Waals surface area contributed by atoms with E-state index in [4.69, 9.17) is 0 Å². The molecule has 0 aliphatic carbocycles. The van der Waals surface area contributed by atoms with Gasteiger partial charge in [0.2, 0.25) is 0 Å². The molecule has 3 rings (SSSR count). The number of nitrogens with zero attached hydrogens (tertiary/aromatic N) is 2. The van der Waals surface area contributed by atoms with E-state index >= 15 is 0 Å². The second-order valence-electron chi connectivity index (χ2n) is 7.72. The van der Waals surface area contributed by atoms with Gasteiger partial charge in [0, 0.05) is 19.1 Å². The SMILES string of the molecule is CC1(C)CCN(C2CCCN(Cc3ccccc3)C2)CC1. The number of piperidine rings is 2. The molecule has 2 nitrogen and oxygen atoms in total. The molecule has 0 N–H and O–H groups in total. The van der Waals surface area contributed by atoms with Gasteiger partial charge in [0.1, 0.15) is 0 Å². The Morgan fingerprint density at radius 1 is 1.05 bits per heavy atom. The zero-order valence-electron chi connectivity index (χ0n) is 13.7. The number of rotatable bonds is 3. The van der Waals surface area contributed by atoms with E-state index < -0.39 is 0 Å². The molecule has 2 aliphatic heterocycles. The zero-order valence-corrected chi connectivity index (χ0v) is 13.7. The molecular formula is C19H30N2. The van der Waals surface area contributed by atoms with Gasteiger partial charge in [0.25, 0.3) is 0 Å². The van der Waals surface area contributed by atoms with E-state index in [0.29, 0.717) is 5.41 Å². The van der Waals surface area contributed by atoms with E-state index in [-0.39, 0.29) is 0 Å². The van der Waals surface area contributed by atoms with E-state index in [1.54, 1.807) is 0 Å². The summed E-state index contributed by atoms with van der Waals surface area (Å²) >= 11 is 0. The predicted octanol–water partition coefficient (Wildman–Crippen LogP) is 3.77. The lowest BCUT2D eigenvalue weighted by atomic mass is 9.82. The molecule has 2 heterocycles. The molecule has 0 amide bonds. The maximum absolute atomic E-state index is 2.77. The van der Waals surface area contributed by atoms with Gasteiger partial charge in [-0.2, -0.15) is 0 Å². The number of hydrogen-bond acceptors (Lipinski definition) is 2. The third kappa shape index (κ3) is 4.08. The largest absolute Gasteiger partial charge is 0.299 e. The highest BCUT2D eigenvalue weighted by Crippen LogP contribution is 2.32. The van der Waals surface area contributed by atoms with Gasteiger partial charge in [-0.25, -0.2) is 0 Å². The molecule has 2 aliphatic rings. The van der Waals surface area contributed by atoms with Crippen molar-refractivity contribution < 1.29 is 0 Å². The van der Waals surface area contributed by atoms with Crippen molar-refractivity contribution in [3.63, 3.8) is 0 Å². The Kier molecular flexibility index (Phi) is 4.66. The summed E-state index contributed by atoms with van der Waals surface area (Å²) in [6, 6.07) is 11.7. The first-order chi connectivity index (χ1) is 10.1. The van der Waals surface area contributed by atoms with Crippen LogP contribution in [0.3, 0.4) is 0 Å². The molecule has 1 aromatic rings. The Bertz CT molecular complexity index is 430. The molecule has 0 radical (unpaired) electrons. The van der Waals surface area contributed by atoms with Gasteiger partial charge in [-0.15, -0.1) is 0 Å². The van der Waals surface area contributed by atoms with Crippen molar-refractivity contribution in [2.24, 2.45) is 5.41 Å². The van der Waals surface area contributed by atoms with Gasteiger partial charge < -0.3 is 0 Å². The molecule has 116 valence electrons. The molecule has 1 unspecified atom stereocenters. The fourth-order valence-electron chi connectivity index (χ4n) is 3.81. The molecule has 21 heavy (non-hydrogen) atoms. The van der Waals surface area contributed by atoms with Crippen molar-refractivity contribution in [1.29, 1.82) is 0 Å². The molecule has 2 saturated heterocycles. The number of benzene rings is 1. The van der Waals surface area contributed by atoms with E-state index in [1.807, 2.05) is 0 Å². The van der Waals surface area contributed by atoms with E-state index in [0.717, 1.165) is 12.6 Å². The van der Waals surface area contributed by atoms with Crippen molar-refractivity contribution >= 4 is 0 Å². The molecule has 0 bridgehead atoms. The van der Waals surface area contributed by atoms with Crippen LogP contribution in [0.5, 0.6) is 0 Å². The van der Waals surface area contributed by atoms with E-state index in [1.165, 1.54) is 57.4 Å². The molecule has 0 spiro atoms. The van der Waals surface area contributed by atoms with E-state index in [9.17, 15) is 0 Å². The highest BCUT2D eigenvalue weighted by molar-refractivity contribution is 5.14. The minimum absolute atomic E-state index is 0.564. The molecular weight excluding hydrogens is 256 g/mol. The maximum Gasteiger partial charge on any atom is 0.0234 e. The third-order valence-corrected chi connectivity index (χ3v) is 5.40. The van der Waals surface area contributed by atoms with Crippen LogP contribution >= 0.6 is 0 Å². The van der Waals surface area contributed by atoms with Gasteiger partial charge in [0.05, 0.1) is 0 Å². The van der Waals surface area contributed by atoms with Crippen LogP contribution in [0.1, 0.15) is 45.1 Å². The minimum atomic E-state index is 0.564. The molecule has 0 saturated carbocycles. The first-order valence-corrected chi connectivity index (χ1v) is 8.63. The lowest BCUT2D eigenvalue weighted by Gasteiger charge is -2.44. The minimum Gasteiger partial charge on any atom is -0.299 e. The summed E-state index contributed by atoms with van der Waals surface area (Å²) in [4.78, 5) is 5.42. The number of likely N-dealkylation sites (tertiary alicyclic amines) is 2. The molecule has 0 aromatic heterocycles. The monoisotopic (exact) mass is 286 g/mol. The average Bonchev–Trinajstić information content (AvgIpc) is 2.48. The van der Waals surface area contributed by atoms with Crippen molar-refractivity contribution in [3.05, 3.63) is 35.9 Å². The second-order valence-corrected chi connectivity index (χ2v) is 7.72. The first kappa shape index (κ1) is 15.1. The van der Waals surface area contributed by atoms with Crippen molar-refractivity contribution in [1.82, 2.24) is 9.80 Å². The zero-order chi connectivity index (χ0) is 14.7. The third-order valence-electron chi connectivity index (χ3n) is 5.40. The average molecular weight is 286 g/mol. The molecule has 1 aromatic carbocycles. The summed E-state index contributed by atoms with van der Waals surface area (Å²) in [6.45, 7) is 11.1. The van der Waals surface area contributed by atoms with Gasteiger partial charge in [-0.3, -0.25) is 9.80 Å². The lowest BCUT2D eigenvalue weighted by Crippen LogP contribution is -2.51. The Morgan fingerprint density at radius 3 is 2.48 bits per heavy atom. The Morgan fingerprint density at radius 2 is 1.76 bits per heavy atom. The summed E-state index contributed by atoms with van der Waals surface area (Å²) in [5.74, 6) is 0. The van der Waals surface area contributed by atoms with Crippen LogP contribution in [-0.4, -0.2) is 42.0 Å². The fraction of sp³-hybridized carbons (Fsp3) is 0.684. The smallest absolute Gasteiger partial charge is 0.0234 e. The van der Waals surface area contributed by atoms with Crippen LogP contribution in [0.4, 0.5) is 0 Å². The Labute approximate surface area is 130 Å². The highest BCUT2D eigenvalue weighted by Gasteiger charge is 2.31. The standard InChI is InChI=1S/C19H30N2/c1-19(2)10-13-21(14-11-19)18-9-6-12-20(16-18)15-17-7-4-3-5-8-17/h3-5,7-8,18H,6,9-16H2,1-2H3. The van der Waals surface area contributed by atoms with Crippen molar-refractivity contribution in [3.8, 4) is 0 Å². The van der Waals surface area contributed by atoms with Crippen LogP contribution in [0.25, 0.3) is 0 Å². The van der Waals surface area contributed by atoms with Gasteiger partial charge in [0.15, 0.2) is 0 Å². The van der Waals surface area contributed by atoms with Crippen LogP contribution in [-0.2, 0) is 6.54 Å². The molecule has 2 fully saturated rings. The fourth-order valence-corrected chi connectivity index (χ4v) is 3.81. The van der Waals surface area contributed by atoms with Crippen LogP contribution in [0.2, 0.25) is 0 Å². The van der Waals surface area contributed by atoms with Crippen molar-refractivity contribution in [2.45, 2.75) is 52.1 Å². The Balaban J connectivity index is 1.54. The van der Waals surface area contributed by atoms with E-state index in [2.05, 4.69) is 54.0 Å². The van der Waals surface area contributed by atoms with Crippen LogP contribution in [0, 0.1) is 5.41 Å².